The lowest BCUT2D eigenvalue weighted by atomic mass is 9.99. The molecule has 0 saturated carbocycles. The van der Waals surface area contributed by atoms with Gasteiger partial charge in [0.2, 0.25) is 0 Å². The lowest BCUT2D eigenvalue weighted by Gasteiger charge is -2.28. The fourth-order valence-corrected chi connectivity index (χ4v) is 5.88. The van der Waals surface area contributed by atoms with Crippen LogP contribution in [0.5, 0.6) is 0 Å². The van der Waals surface area contributed by atoms with Gasteiger partial charge in [0.05, 0.1) is 16.6 Å². The van der Waals surface area contributed by atoms with Crippen LogP contribution in [0.3, 0.4) is 0 Å². The molecular weight excluding hydrogens is 356 g/mol. The van der Waals surface area contributed by atoms with Gasteiger partial charge < -0.3 is 4.90 Å². The van der Waals surface area contributed by atoms with Crippen LogP contribution in [0.15, 0.2) is 12.3 Å². The highest BCUT2D eigenvalue weighted by Crippen LogP contribution is 2.32. The van der Waals surface area contributed by atoms with Gasteiger partial charge in [0.1, 0.15) is 5.82 Å². The van der Waals surface area contributed by atoms with E-state index in [1.807, 2.05) is 11.1 Å². The van der Waals surface area contributed by atoms with E-state index in [4.69, 9.17) is 4.98 Å². The van der Waals surface area contributed by atoms with Gasteiger partial charge in [-0.2, -0.15) is 0 Å². The van der Waals surface area contributed by atoms with Crippen LogP contribution in [0, 0.1) is 0 Å². The van der Waals surface area contributed by atoms with E-state index >= 15 is 0 Å². The number of aromatic nitrogens is 2. The van der Waals surface area contributed by atoms with Gasteiger partial charge >= 0.3 is 0 Å². The molecule has 0 spiro atoms. The fourth-order valence-electron chi connectivity index (χ4n) is 4.65. The van der Waals surface area contributed by atoms with Gasteiger partial charge in [-0.3, -0.25) is 9.69 Å². The minimum Gasteiger partial charge on any atom is -0.333 e. The molecule has 1 fully saturated rings. The van der Waals surface area contributed by atoms with Gasteiger partial charge in [0, 0.05) is 36.1 Å². The summed E-state index contributed by atoms with van der Waals surface area (Å²) in [5, 5.41) is 0. The maximum Gasteiger partial charge on any atom is 0.264 e. The normalized spacial score (nSPS) is 22.6. The zero-order valence-electron chi connectivity index (χ0n) is 15.9. The smallest absolute Gasteiger partial charge is 0.264 e. The van der Waals surface area contributed by atoms with E-state index in [0.717, 1.165) is 60.7 Å². The molecule has 3 aliphatic rings. The zero-order chi connectivity index (χ0) is 18.4. The highest BCUT2D eigenvalue weighted by molar-refractivity contribution is 7.14. The van der Waals surface area contributed by atoms with Crippen LogP contribution in [0.2, 0.25) is 0 Å². The number of nitrogens with zero attached hydrogens (tertiary/aromatic N) is 4. The van der Waals surface area contributed by atoms with Crippen LogP contribution >= 0.6 is 11.3 Å². The molecular formula is C21H26N4OS. The van der Waals surface area contributed by atoms with Crippen molar-refractivity contribution >= 4 is 17.2 Å². The molecule has 2 aromatic rings. The highest BCUT2D eigenvalue weighted by atomic mass is 32.1. The summed E-state index contributed by atoms with van der Waals surface area (Å²) in [5.41, 5.74) is 3.65. The van der Waals surface area contributed by atoms with Crippen LogP contribution in [-0.2, 0) is 25.8 Å². The molecule has 5 nitrogen and oxygen atoms in total. The summed E-state index contributed by atoms with van der Waals surface area (Å²) in [4.78, 5) is 29.2. The Hall–Kier alpha value is -1.79. The maximum atomic E-state index is 13.0. The number of fused-ring (bicyclic) bond motifs is 2. The SMILES string of the molecule is CN1CCCC1c1ncc2c(n1)CCN(C(=O)c1cc3c(s1)CCCC3)C2. The molecule has 0 bridgehead atoms. The number of likely N-dealkylation sites (tertiary alicyclic amines) is 1. The average Bonchev–Trinajstić information content (AvgIpc) is 3.32. The van der Waals surface area contributed by atoms with Gasteiger partial charge in [0.15, 0.2) is 0 Å². The lowest BCUT2D eigenvalue weighted by Crippen LogP contribution is -2.36. The van der Waals surface area contributed by atoms with Crippen molar-refractivity contribution in [2.75, 3.05) is 20.1 Å². The quantitative estimate of drug-likeness (QED) is 0.799. The van der Waals surface area contributed by atoms with Crippen molar-refractivity contribution in [1.82, 2.24) is 19.8 Å². The maximum absolute atomic E-state index is 13.0. The molecule has 1 amide bonds. The van der Waals surface area contributed by atoms with E-state index in [-0.39, 0.29) is 5.91 Å². The number of carbonyl (C=O) groups excluding carboxylic acids is 1. The molecule has 4 heterocycles. The minimum atomic E-state index is 0.180. The lowest BCUT2D eigenvalue weighted by molar-refractivity contribution is 0.0738. The van der Waals surface area contributed by atoms with E-state index in [2.05, 4.69) is 23.0 Å². The van der Waals surface area contributed by atoms with Gasteiger partial charge in [-0.1, -0.05) is 0 Å². The first-order valence-corrected chi connectivity index (χ1v) is 11.0. The molecule has 0 N–H and O–H groups in total. The topological polar surface area (TPSA) is 49.3 Å². The molecule has 0 aromatic carbocycles. The van der Waals surface area contributed by atoms with Crippen molar-refractivity contribution < 1.29 is 4.79 Å². The average molecular weight is 383 g/mol. The summed E-state index contributed by atoms with van der Waals surface area (Å²) in [6.45, 7) is 2.51. The van der Waals surface area contributed by atoms with Gasteiger partial charge in [-0.05, 0) is 63.7 Å². The number of thiophene rings is 1. The molecule has 6 heteroatoms. The molecule has 1 unspecified atom stereocenters. The monoisotopic (exact) mass is 382 g/mol. The Morgan fingerprint density at radius 2 is 2.04 bits per heavy atom. The standard InChI is InChI=1S/C21H26N4OS/c1-24-9-4-6-17(24)20-22-12-15-13-25(10-8-16(15)23-20)21(26)19-11-14-5-2-3-7-18(14)27-19/h11-12,17H,2-10,13H2,1H3. The number of amides is 1. The summed E-state index contributed by atoms with van der Waals surface area (Å²) in [7, 11) is 2.15. The molecule has 1 aliphatic carbocycles. The molecule has 5 rings (SSSR count). The Labute approximate surface area is 164 Å². The largest absolute Gasteiger partial charge is 0.333 e. The Morgan fingerprint density at radius 3 is 2.85 bits per heavy atom. The predicted molar refractivity (Wildman–Crippen MR) is 106 cm³/mol. The first-order valence-electron chi connectivity index (χ1n) is 10.1. The predicted octanol–water partition coefficient (Wildman–Crippen LogP) is 3.38. The Bertz CT molecular complexity index is 854. The molecule has 0 radical (unpaired) electrons. The van der Waals surface area contributed by atoms with Crippen molar-refractivity contribution in [1.29, 1.82) is 0 Å². The van der Waals surface area contributed by atoms with Crippen molar-refractivity contribution in [3.05, 3.63) is 44.7 Å². The minimum absolute atomic E-state index is 0.180. The van der Waals surface area contributed by atoms with Crippen LogP contribution in [0.1, 0.15) is 68.9 Å². The highest BCUT2D eigenvalue weighted by Gasteiger charge is 2.29. The molecule has 1 saturated heterocycles. The van der Waals surface area contributed by atoms with Crippen molar-refractivity contribution in [2.45, 2.75) is 57.5 Å². The molecule has 2 aliphatic heterocycles. The molecule has 142 valence electrons. The Morgan fingerprint density at radius 1 is 1.15 bits per heavy atom. The third kappa shape index (κ3) is 3.19. The van der Waals surface area contributed by atoms with E-state index < -0.39 is 0 Å². The second-order valence-corrected chi connectivity index (χ2v) is 9.22. The van der Waals surface area contributed by atoms with Crippen molar-refractivity contribution in [2.24, 2.45) is 0 Å². The molecule has 1 atom stereocenters. The number of rotatable bonds is 2. The third-order valence-corrected chi connectivity index (χ3v) is 7.49. The van der Waals surface area contributed by atoms with E-state index in [9.17, 15) is 4.79 Å². The Balaban J connectivity index is 1.33. The zero-order valence-corrected chi connectivity index (χ0v) is 16.7. The van der Waals surface area contributed by atoms with E-state index in [1.54, 1.807) is 11.3 Å². The first-order chi connectivity index (χ1) is 13.2. The number of hydrogen-bond donors (Lipinski definition) is 0. The fraction of sp³-hybridized carbons (Fsp3) is 0.571. The third-order valence-electron chi connectivity index (χ3n) is 6.27. The van der Waals surface area contributed by atoms with Crippen molar-refractivity contribution in [3.63, 3.8) is 0 Å². The Kier molecular flexibility index (Phi) is 4.48. The molecule has 27 heavy (non-hydrogen) atoms. The molecule has 2 aromatic heterocycles. The van der Waals surface area contributed by atoms with Crippen LogP contribution < -0.4 is 0 Å². The summed E-state index contributed by atoms with van der Waals surface area (Å²) in [5.74, 6) is 1.14. The first kappa shape index (κ1) is 17.3. The second kappa shape index (κ2) is 6.99. The van der Waals surface area contributed by atoms with E-state index in [0.29, 0.717) is 12.6 Å². The second-order valence-electron chi connectivity index (χ2n) is 8.08. The van der Waals surface area contributed by atoms with Gasteiger partial charge in [0.25, 0.3) is 5.91 Å². The number of carbonyl (C=O) groups is 1. The van der Waals surface area contributed by atoms with Gasteiger partial charge in [-0.25, -0.2) is 9.97 Å². The van der Waals surface area contributed by atoms with Crippen LogP contribution in [0.25, 0.3) is 0 Å². The summed E-state index contributed by atoms with van der Waals surface area (Å²) in [6, 6.07) is 2.50. The van der Waals surface area contributed by atoms with Crippen molar-refractivity contribution in [3.8, 4) is 0 Å². The number of aryl methyl sites for hydroxylation is 2. The van der Waals surface area contributed by atoms with E-state index in [1.165, 1.54) is 29.7 Å². The summed E-state index contributed by atoms with van der Waals surface area (Å²) in [6.07, 6.45) is 9.94. The van der Waals surface area contributed by atoms with Gasteiger partial charge in [-0.15, -0.1) is 11.3 Å². The summed E-state index contributed by atoms with van der Waals surface area (Å²) < 4.78 is 0. The number of hydrogen-bond acceptors (Lipinski definition) is 5. The van der Waals surface area contributed by atoms with Crippen LogP contribution in [-0.4, -0.2) is 45.8 Å². The summed E-state index contributed by atoms with van der Waals surface area (Å²) >= 11 is 1.71. The van der Waals surface area contributed by atoms with Crippen LogP contribution in [0.4, 0.5) is 0 Å².